The molecule has 3 rings (SSSR count). The van der Waals surface area contributed by atoms with Gasteiger partial charge in [0.15, 0.2) is 5.16 Å². The van der Waals surface area contributed by atoms with Gasteiger partial charge in [0.05, 0.1) is 17.7 Å². The van der Waals surface area contributed by atoms with Crippen molar-refractivity contribution in [3.05, 3.63) is 70.5 Å². The number of benzene rings is 2. The van der Waals surface area contributed by atoms with Crippen molar-refractivity contribution < 1.29 is 14.6 Å². The monoisotopic (exact) mass is 445 g/mol. The van der Waals surface area contributed by atoms with Crippen molar-refractivity contribution in [2.24, 2.45) is 0 Å². The van der Waals surface area contributed by atoms with Crippen molar-refractivity contribution in [1.82, 2.24) is 14.8 Å². The molecule has 6 nitrogen and oxygen atoms in total. The highest BCUT2D eigenvalue weighted by Crippen LogP contribution is 2.28. The minimum absolute atomic E-state index is 0.0399. The Morgan fingerprint density at radius 2 is 1.87 bits per heavy atom. The molecule has 1 aromatic heterocycles. The Morgan fingerprint density at radius 1 is 1.13 bits per heavy atom. The molecule has 1 heterocycles. The number of carboxylic acid groups (broad SMARTS) is 1. The van der Waals surface area contributed by atoms with Gasteiger partial charge in [0.2, 0.25) is 0 Å². The van der Waals surface area contributed by atoms with Crippen molar-refractivity contribution in [2.45, 2.75) is 50.2 Å². The number of aromatic nitrogens is 3. The zero-order valence-electron chi connectivity index (χ0n) is 17.1. The summed E-state index contributed by atoms with van der Waals surface area (Å²) in [4.78, 5) is 11.3. The van der Waals surface area contributed by atoms with E-state index in [0.29, 0.717) is 28.9 Å². The van der Waals surface area contributed by atoms with Crippen molar-refractivity contribution in [1.29, 1.82) is 0 Å². The van der Waals surface area contributed by atoms with Crippen LogP contribution in [0.1, 0.15) is 37.7 Å². The number of aliphatic carboxylic acids is 1. The van der Waals surface area contributed by atoms with Crippen LogP contribution in [0.25, 0.3) is 0 Å². The van der Waals surface area contributed by atoms with E-state index in [0.717, 1.165) is 17.0 Å². The molecule has 0 saturated heterocycles. The van der Waals surface area contributed by atoms with Gasteiger partial charge in [-0.3, -0.25) is 4.79 Å². The van der Waals surface area contributed by atoms with Crippen LogP contribution in [-0.4, -0.2) is 37.2 Å². The third kappa shape index (κ3) is 5.77. The summed E-state index contributed by atoms with van der Waals surface area (Å²) in [6, 6.07) is 15.6. The average Bonchev–Trinajstić information content (AvgIpc) is 3.05. The number of hydrogen-bond donors (Lipinski definition) is 1. The quantitative estimate of drug-likeness (QED) is 0.471. The van der Waals surface area contributed by atoms with Gasteiger partial charge in [0, 0.05) is 6.42 Å². The maximum absolute atomic E-state index is 11.3. The van der Waals surface area contributed by atoms with Gasteiger partial charge in [-0.2, -0.15) is 0 Å². The number of carboxylic acids is 1. The van der Waals surface area contributed by atoms with Gasteiger partial charge in [-0.1, -0.05) is 59.8 Å². The van der Waals surface area contributed by atoms with Gasteiger partial charge in [0.25, 0.3) is 0 Å². The number of halogens is 1. The lowest BCUT2D eigenvalue weighted by Crippen LogP contribution is -2.14. The van der Waals surface area contributed by atoms with E-state index in [2.05, 4.69) is 10.2 Å². The van der Waals surface area contributed by atoms with E-state index in [-0.39, 0.29) is 6.10 Å². The second kappa shape index (κ2) is 10.00. The first-order valence-corrected chi connectivity index (χ1v) is 10.9. The molecule has 1 unspecified atom stereocenters. The van der Waals surface area contributed by atoms with Crippen LogP contribution in [0, 0.1) is 0 Å². The van der Waals surface area contributed by atoms with Crippen LogP contribution in [-0.2, 0) is 17.8 Å². The average molecular weight is 446 g/mol. The van der Waals surface area contributed by atoms with Gasteiger partial charge in [-0.25, -0.2) is 0 Å². The summed E-state index contributed by atoms with van der Waals surface area (Å²) in [5.41, 5.74) is 2.06. The zero-order valence-corrected chi connectivity index (χ0v) is 18.7. The van der Waals surface area contributed by atoms with Crippen LogP contribution >= 0.6 is 23.4 Å². The third-order valence-electron chi connectivity index (χ3n) is 4.33. The summed E-state index contributed by atoms with van der Waals surface area (Å²) in [5, 5.41) is 18.4. The molecule has 0 spiro atoms. The van der Waals surface area contributed by atoms with E-state index < -0.39 is 11.2 Å². The number of thioether (sulfide) groups is 1. The van der Waals surface area contributed by atoms with Gasteiger partial charge < -0.3 is 14.4 Å². The molecule has 30 heavy (non-hydrogen) atoms. The van der Waals surface area contributed by atoms with Gasteiger partial charge in [-0.05, 0) is 44.0 Å². The van der Waals surface area contributed by atoms with E-state index in [4.69, 9.17) is 16.3 Å². The highest BCUT2D eigenvalue weighted by molar-refractivity contribution is 8.00. The van der Waals surface area contributed by atoms with Crippen LogP contribution in [0.3, 0.4) is 0 Å². The van der Waals surface area contributed by atoms with Gasteiger partial charge in [0.1, 0.15) is 16.8 Å². The van der Waals surface area contributed by atoms with Gasteiger partial charge in [-0.15, -0.1) is 10.2 Å². The fraction of sp³-hybridized carbons (Fsp3) is 0.318. The standard InChI is InChI=1S/C22H24ClN3O3S/c1-14(2)29-19-10-9-17(11-18(19)23)12-20-24-25-22(30-15(3)21(27)28)26(20)13-16-7-5-4-6-8-16/h4-11,14-15H,12-13H2,1-3H3,(H,27,28). The normalized spacial score (nSPS) is 12.2. The topological polar surface area (TPSA) is 77.2 Å². The Kier molecular flexibility index (Phi) is 7.39. The fourth-order valence-corrected chi connectivity index (χ4v) is 3.91. The van der Waals surface area contributed by atoms with Crippen molar-refractivity contribution in [3.63, 3.8) is 0 Å². The lowest BCUT2D eigenvalue weighted by Gasteiger charge is -2.13. The lowest BCUT2D eigenvalue weighted by atomic mass is 10.1. The van der Waals surface area contributed by atoms with Crippen molar-refractivity contribution >= 4 is 29.3 Å². The van der Waals surface area contributed by atoms with Crippen LogP contribution in [0.5, 0.6) is 5.75 Å². The van der Waals surface area contributed by atoms with Crippen LogP contribution in [0.2, 0.25) is 5.02 Å². The molecule has 0 aliphatic rings. The van der Waals surface area contributed by atoms with Crippen molar-refractivity contribution in [3.8, 4) is 5.75 Å². The summed E-state index contributed by atoms with van der Waals surface area (Å²) in [6.07, 6.45) is 0.557. The number of carbonyl (C=O) groups is 1. The number of nitrogens with zero attached hydrogens (tertiary/aromatic N) is 3. The third-order valence-corrected chi connectivity index (χ3v) is 5.69. The first-order chi connectivity index (χ1) is 14.3. The molecule has 0 fully saturated rings. The second-order valence-electron chi connectivity index (χ2n) is 7.18. The number of rotatable bonds is 9. The molecule has 8 heteroatoms. The highest BCUT2D eigenvalue weighted by atomic mass is 35.5. The Hall–Kier alpha value is -2.51. The van der Waals surface area contributed by atoms with E-state index in [9.17, 15) is 9.90 Å². The molecule has 1 atom stereocenters. The summed E-state index contributed by atoms with van der Waals surface area (Å²) >= 11 is 7.57. The second-order valence-corrected chi connectivity index (χ2v) is 8.89. The molecule has 0 amide bonds. The lowest BCUT2D eigenvalue weighted by molar-refractivity contribution is -0.136. The summed E-state index contributed by atoms with van der Waals surface area (Å²) in [6.45, 7) is 6.10. The fourth-order valence-electron chi connectivity index (χ4n) is 2.86. The molecule has 0 saturated carbocycles. The van der Waals surface area contributed by atoms with Crippen LogP contribution in [0.15, 0.2) is 53.7 Å². The van der Waals surface area contributed by atoms with E-state index in [1.807, 2.05) is 66.9 Å². The minimum atomic E-state index is -0.886. The minimum Gasteiger partial charge on any atom is -0.489 e. The molecule has 0 aliphatic carbocycles. The predicted octanol–water partition coefficient (Wildman–Crippen LogP) is 4.92. The Labute approximate surface area is 185 Å². The molecule has 0 bridgehead atoms. The molecule has 158 valence electrons. The van der Waals surface area contributed by atoms with E-state index >= 15 is 0 Å². The van der Waals surface area contributed by atoms with Gasteiger partial charge >= 0.3 is 5.97 Å². The van der Waals surface area contributed by atoms with Crippen LogP contribution < -0.4 is 4.74 Å². The molecule has 0 radical (unpaired) electrons. The van der Waals surface area contributed by atoms with E-state index in [1.165, 1.54) is 11.8 Å². The van der Waals surface area contributed by atoms with E-state index in [1.54, 1.807) is 6.92 Å². The first-order valence-electron chi connectivity index (χ1n) is 9.64. The molecule has 0 aliphatic heterocycles. The first kappa shape index (κ1) is 22.2. The zero-order chi connectivity index (χ0) is 21.7. The summed E-state index contributed by atoms with van der Waals surface area (Å²) in [5.74, 6) is 0.503. The Balaban J connectivity index is 1.89. The highest BCUT2D eigenvalue weighted by Gasteiger charge is 2.20. The molecule has 2 aromatic carbocycles. The molecular weight excluding hydrogens is 422 g/mol. The number of hydrogen-bond acceptors (Lipinski definition) is 5. The SMILES string of the molecule is CC(C)Oc1ccc(Cc2nnc(SC(C)C(=O)O)n2Cc2ccccc2)cc1Cl. The maximum atomic E-state index is 11.3. The predicted molar refractivity (Wildman–Crippen MR) is 119 cm³/mol. The molecule has 3 aromatic rings. The maximum Gasteiger partial charge on any atom is 0.316 e. The smallest absolute Gasteiger partial charge is 0.316 e. The number of ether oxygens (including phenoxy) is 1. The molecule has 1 N–H and O–H groups in total. The summed E-state index contributed by atoms with van der Waals surface area (Å²) in [7, 11) is 0. The Morgan fingerprint density at radius 3 is 2.50 bits per heavy atom. The van der Waals surface area contributed by atoms with Crippen molar-refractivity contribution in [2.75, 3.05) is 0 Å². The Bertz CT molecular complexity index is 1010. The molecular formula is C22H24ClN3O3S. The largest absolute Gasteiger partial charge is 0.489 e. The summed E-state index contributed by atoms with van der Waals surface area (Å²) < 4.78 is 7.66. The van der Waals surface area contributed by atoms with Crippen LogP contribution in [0.4, 0.5) is 0 Å².